The Bertz CT molecular complexity index is 1160. The van der Waals surface area contributed by atoms with Gasteiger partial charge in [-0.2, -0.15) is 18.2 Å². The smallest absolute Gasteiger partial charge is 0.433 e. The van der Waals surface area contributed by atoms with Crippen LogP contribution in [0.25, 0.3) is 11.4 Å². The van der Waals surface area contributed by atoms with E-state index in [9.17, 15) is 18.0 Å². The maximum absolute atomic E-state index is 13.9. The first kappa shape index (κ1) is 23.7. The van der Waals surface area contributed by atoms with Gasteiger partial charge in [0, 0.05) is 29.8 Å². The second-order valence-electron chi connectivity index (χ2n) is 8.37. The van der Waals surface area contributed by atoms with Gasteiger partial charge in [-0.3, -0.25) is 4.79 Å². The molecule has 3 aromatic heterocycles. The molecule has 11 heteroatoms. The monoisotopic (exact) mass is 472 g/mol. The lowest BCUT2D eigenvalue weighted by atomic mass is 9.80. The summed E-state index contributed by atoms with van der Waals surface area (Å²) in [6, 6.07) is 5.48. The minimum Gasteiger partial charge on any atom is -0.461 e. The predicted molar refractivity (Wildman–Crippen MR) is 116 cm³/mol. The summed E-state index contributed by atoms with van der Waals surface area (Å²) in [6.07, 6.45) is 0.596. The summed E-state index contributed by atoms with van der Waals surface area (Å²) in [7, 11) is 0. The van der Waals surface area contributed by atoms with Crippen molar-refractivity contribution in [1.82, 2.24) is 30.2 Å². The number of carbonyl (C=O) groups is 1. The minimum absolute atomic E-state index is 0.168. The van der Waals surface area contributed by atoms with Crippen molar-refractivity contribution in [1.29, 1.82) is 0 Å². The topological polar surface area (TPSA) is 103 Å². The third kappa shape index (κ3) is 5.04. The molecule has 0 amide bonds. The van der Waals surface area contributed by atoms with Gasteiger partial charge in [0.1, 0.15) is 17.8 Å². The van der Waals surface area contributed by atoms with Gasteiger partial charge < -0.3 is 10.1 Å². The zero-order chi connectivity index (χ0) is 24.3. The number of rotatable bonds is 6. The summed E-state index contributed by atoms with van der Waals surface area (Å²) >= 11 is 0. The maximum Gasteiger partial charge on any atom is 0.433 e. The van der Waals surface area contributed by atoms with Crippen LogP contribution in [0.1, 0.15) is 41.6 Å². The largest absolute Gasteiger partial charge is 0.461 e. The van der Waals surface area contributed by atoms with E-state index in [1.165, 1.54) is 0 Å². The van der Waals surface area contributed by atoms with E-state index >= 15 is 0 Å². The van der Waals surface area contributed by atoms with E-state index < -0.39 is 23.4 Å². The molecule has 0 unspecified atom stereocenters. The summed E-state index contributed by atoms with van der Waals surface area (Å²) in [5.74, 6) is 0.311. The first-order valence-corrected chi connectivity index (χ1v) is 10.8. The van der Waals surface area contributed by atoms with Gasteiger partial charge in [-0.25, -0.2) is 19.9 Å². The highest BCUT2D eigenvalue weighted by atomic mass is 19.4. The summed E-state index contributed by atoms with van der Waals surface area (Å²) in [6.45, 7) is 4.08. The van der Waals surface area contributed by atoms with Crippen LogP contribution in [-0.4, -0.2) is 49.4 Å². The van der Waals surface area contributed by atoms with Crippen molar-refractivity contribution < 1.29 is 22.7 Å². The van der Waals surface area contributed by atoms with Crippen LogP contribution in [0, 0.1) is 12.8 Å². The van der Waals surface area contributed by atoms with E-state index in [0.29, 0.717) is 42.4 Å². The summed E-state index contributed by atoms with van der Waals surface area (Å²) < 4.78 is 44.7. The SMILES string of the molecule is Cc1ccc(-c2ncccn2)c(C(=O)[C@@]2(COc3nccc(C(F)(F)F)n3)CC[C@H](C)CN2)n1. The molecule has 1 fully saturated rings. The molecular weight excluding hydrogens is 449 g/mol. The average Bonchev–Trinajstić information content (AvgIpc) is 2.84. The molecule has 0 spiro atoms. The fraction of sp³-hybridized carbons (Fsp3) is 0.391. The Kier molecular flexibility index (Phi) is 6.56. The Balaban J connectivity index is 1.69. The highest BCUT2D eigenvalue weighted by Crippen LogP contribution is 2.31. The predicted octanol–water partition coefficient (Wildman–Crippen LogP) is 3.68. The number of ketones is 1. The third-order valence-electron chi connectivity index (χ3n) is 5.72. The third-order valence-corrected chi connectivity index (χ3v) is 5.72. The second kappa shape index (κ2) is 9.41. The van der Waals surface area contributed by atoms with E-state index in [1.54, 1.807) is 37.5 Å². The van der Waals surface area contributed by atoms with Crippen LogP contribution in [0.5, 0.6) is 6.01 Å². The lowest BCUT2D eigenvalue weighted by Gasteiger charge is -2.38. The first-order chi connectivity index (χ1) is 16.2. The van der Waals surface area contributed by atoms with Gasteiger partial charge in [0.2, 0.25) is 5.78 Å². The van der Waals surface area contributed by atoms with Crippen LogP contribution in [0.3, 0.4) is 0 Å². The molecule has 4 heterocycles. The molecule has 0 radical (unpaired) electrons. The number of hydrogen-bond donors (Lipinski definition) is 1. The standard InChI is InChI=1S/C23H23F3N6O2/c1-14-6-8-22(30-12-14,13-34-21-29-11-7-17(32-21)23(24,25)26)19(33)18-16(5-4-15(2)31-18)20-27-9-3-10-28-20/h3-5,7,9-11,14,30H,6,8,12-13H2,1-2H3/t14-,22-/m0/s1. The van der Waals surface area contributed by atoms with Crippen molar-refractivity contribution in [2.45, 2.75) is 38.4 Å². The molecule has 178 valence electrons. The average molecular weight is 472 g/mol. The second-order valence-corrected chi connectivity index (χ2v) is 8.37. The lowest BCUT2D eigenvalue weighted by Crippen LogP contribution is -2.60. The van der Waals surface area contributed by atoms with E-state index in [0.717, 1.165) is 12.3 Å². The molecule has 0 bridgehead atoms. The van der Waals surface area contributed by atoms with E-state index in [1.807, 2.05) is 6.92 Å². The van der Waals surface area contributed by atoms with Crippen molar-refractivity contribution in [2.24, 2.45) is 5.92 Å². The number of carbonyl (C=O) groups excluding carboxylic acids is 1. The van der Waals surface area contributed by atoms with Crippen LogP contribution < -0.4 is 10.1 Å². The molecule has 8 nitrogen and oxygen atoms in total. The van der Waals surface area contributed by atoms with E-state index in [2.05, 4.69) is 30.2 Å². The molecule has 0 aromatic carbocycles. The number of ether oxygens (including phenoxy) is 1. The zero-order valence-corrected chi connectivity index (χ0v) is 18.6. The molecular formula is C23H23F3N6O2. The molecule has 1 aliphatic heterocycles. The summed E-state index contributed by atoms with van der Waals surface area (Å²) in [5, 5.41) is 3.26. The van der Waals surface area contributed by atoms with Gasteiger partial charge in [0.25, 0.3) is 0 Å². The molecule has 1 aliphatic rings. The number of aromatic nitrogens is 5. The van der Waals surface area contributed by atoms with Gasteiger partial charge in [0.15, 0.2) is 11.5 Å². The Hall–Kier alpha value is -3.47. The Labute approximate surface area is 194 Å². The van der Waals surface area contributed by atoms with Gasteiger partial charge >= 0.3 is 12.2 Å². The number of halogens is 3. The van der Waals surface area contributed by atoms with Crippen LogP contribution >= 0.6 is 0 Å². The van der Waals surface area contributed by atoms with Crippen LogP contribution in [0.2, 0.25) is 0 Å². The normalized spacial score (nSPS) is 20.7. The number of hydrogen-bond acceptors (Lipinski definition) is 8. The fourth-order valence-corrected chi connectivity index (χ4v) is 3.77. The summed E-state index contributed by atoms with van der Waals surface area (Å²) in [5.41, 5.74) is -1.08. The van der Waals surface area contributed by atoms with Gasteiger partial charge in [-0.1, -0.05) is 6.92 Å². The Morgan fingerprint density at radius 1 is 1.15 bits per heavy atom. The molecule has 0 aliphatic carbocycles. The van der Waals surface area contributed by atoms with E-state index in [4.69, 9.17) is 4.74 Å². The van der Waals surface area contributed by atoms with E-state index in [-0.39, 0.29) is 18.1 Å². The number of nitrogens with zero attached hydrogens (tertiary/aromatic N) is 5. The molecule has 3 aromatic rings. The zero-order valence-electron chi connectivity index (χ0n) is 18.6. The quantitative estimate of drug-likeness (QED) is 0.542. The van der Waals surface area contributed by atoms with Crippen molar-refractivity contribution in [3.05, 3.63) is 59.9 Å². The van der Waals surface area contributed by atoms with Crippen LogP contribution in [-0.2, 0) is 6.18 Å². The van der Waals surface area contributed by atoms with Crippen molar-refractivity contribution in [2.75, 3.05) is 13.2 Å². The molecule has 4 rings (SSSR count). The number of alkyl halides is 3. The maximum atomic E-state index is 13.9. The highest BCUT2D eigenvalue weighted by molar-refractivity contribution is 6.06. The molecule has 2 atom stereocenters. The molecule has 34 heavy (non-hydrogen) atoms. The number of Topliss-reactive ketones (excluding diaryl/α,β-unsaturated/α-hetero) is 1. The lowest BCUT2D eigenvalue weighted by molar-refractivity contribution is -0.141. The minimum atomic E-state index is -4.64. The van der Waals surface area contributed by atoms with Crippen LogP contribution in [0.15, 0.2) is 42.9 Å². The first-order valence-electron chi connectivity index (χ1n) is 10.8. The number of nitrogens with one attached hydrogen (secondary N) is 1. The van der Waals surface area contributed by atoms with Gasteiger partial charge in [-0.15, -0.1) is 0 Å². The molecule has 1 saturated heterocycles. The van der Waals surface area contributed by atoms with Crippen molar-refractivity contribution in [3.63, 3.8) is 0 Å². The van der Waals surface area contributed by atoms with Gasteiger partial charge in [0.05, 0.1) is 0 Å². The number of piperidine rings is 1. The number of pyridine rings is 1. The summed E-state index contributed by atoms with van der Waals surface area (Å²) in [4.78, 5) is 34.2. The highest BCUT2D eigenvalue weighted by Gasteiger charge is 2.44. The Morgan fingerprint density at radius 3 is 2.59 bits per heavy atom. The number of aryl methyl sites for hydroxylation is 1. The molecule has 0 saturated carbocycles. The van der Waals surface area contributed by atoms with Gasteiger partial charge in [-0.05, 0) is 56.5 Å². The van der Waals surface area contributed by atoms with Crippen LogP contribution in [0.4, 0.5) is 13.2 Å². The van der Waals surface area contributed by atoms with Crippen molar-refractivity contribution in [3.8, 4) is 17.4 Å². The van der Waals surface area contributed by atoms with Crippen molar-refractivity contribution >= 4 is 5.78 Å². The fourth-order valence-electron chi connectivity index (χ4n) is 3.77. The Morgan fingerprint density at radius 2 is 1.91 bits per heavy atom. The molecule has 1 N–H and O–H groups in total.